The molecule has 146 valence electrons. The second kappa shape index (κ2) is 8.66. The first-order valence-electron chi connectivity index (χ1n) is 8.77. The summed E-state index contributed by atoms with van der Waals surface area (Å²) in [5, 5.41) is 17.2. The van der Waals surface area contributed by atoms with Gasteiger partial charge in [-0.1, -0.05) is 15.9 Å². The summed E-state index contributed by atoms with van der Waals surface area (Å²) in [6.07, 6.45) is 2.02. The predicted octanol–water partition coefficient (Wildman–Crippen LogP) is 4.39. The largest absolute Gasteiger partial charge is 0.366 e. The molecule has 7 nitrogen and oxygen atoms in total. The van der Waals surface area contributed by atoms with Crippen LogP contribution in [0.2, 0.25) is 0 Å². The van der Waals surface area contributed by atoms with Gasteiger partial charge in [0.2, 0.25) is 0 Å². The maximum Gasteiger partial charge on any atom is 0.293 e. The molecule has 1 fully saturated rings. The zero-order chi connectivity index (χ0) is 20.3. The molecule has 0 radical (unpaired) electrons. The summed E-state index contributed by atoms with van der Waals surface area (Å²) in [5.41, 5.74) is 2.38. The second-order valence-electron chi connectivity index (χ2n) is 6.52. The van der Waals surface area contributed by atoms with E-state index >= 15 is 0 Å². The molecule has 0 unspecified atom stereocenters. The number of hydrogen-bond donors (Lipinski definition) is 2. The Kier molecular flexibility index (Phi) is 6.25. The highest BCUT2D eigenvalue weighted by molar-refractivity contribution is 9.10. The van der Waals surface area contributed by atoms with Crippen LogP contribution in [0.15, 0.2) is 40.9 Å². The Hall–Kier alpha value is -2.52. The SMILES string of the molecule is Cc1cc(Br)ccc1NC(=S)NC(=O)c1ccc(N2CCCC2)c([N+](=O)[O-])c1. The first-order valence-corrected chi connectivity index (χ1v) is 9.97. The van der Waals surface area contributed by atoms with Gasteiger partial charge >= 0.3 is 0 Å². The summed E-state index contributed by atoms with van der Waals surface area (Å²) >= 11 is 8.60. The molecule has 9 heteroatoms. The topological polar surface area (TPSA) is 87.5 Å². The molecular formula is C19H19BrN4O3S. The molecule has 28 heavy (non-hydrogen) atoms. The fraction of sp³-hybridized carbons (Fsp3) is 0.263. The van der Waals surface area contributed by atoms with E-state index in [2.05, 4.69) is 26.6 Å². The van der Waals surface area contributed by atoms with Gasteiger partial charge in [0, 0.05) is 34.9 Å². The number of nitro groups is 1. The van der Waals surface area contributed by atoms with Crippen molar-refractivity contribution >= 4 is 56.2 Å². The van der Waals surface area contributed by atoms with Gasteiger partial charge in [-0.15, -0.1) is 0 Å². The van der Waals surface area contributed by atoms with Crippen LogP contribution in [0.4, 0.5) is 17.1 Å². The fourth-order valence-corrected chi connectivity index (χ4v) is 3.81. The number of halogens is 1. The summed E-state index contributed by atoms with van der Waals surface area (Å²) in [4.78, 5) is 25.5. The number of anilines is 2. The molecule has 0 atom stereocenters. The van der Waals surface area contributed by atoms with Crippen LogP contribution in [-0.4, -0.2) is 29.0 Å². The van der Waals surface area contributed by atoms with Crippen LogP contribution in [0.1, 0.15) is 28.8 Å². The van der Waals surface area contributed by atoms with Crippen LogP contribution in [0.5, 0.6) is 0 Å². The monoisotopic (exact) mass is 462 g/mol. The van der Waals surface area contributed by atoms with Crippen LogP contribution >= 0.6 is 28.1 Å². The number of carbonyl (C=O) groups is 1. The molecule has 2 aromatic carbocycles. The lowest BCUT2D eigenvalue weighted by atomic mass is 10.1. The number of nitrogens with one attached hydrogen (secondary N) is 2. The van der Waals surface area contributed by atoms with Gasteiger partial charge in [0.05, 0.1) is 4.92 Å². The molecule has 1 amide bonds. The number of nitro benzene ring substituents is 1. The molecule has 0 saturated carbocycles. The normalized spacial score (nSPS) is 13.3. The van der Waals surface area contributed by atoms with Crippen molar-refractivity contribution in [2.45, 2.75) is 19.8 Å². The molecule has 2 N–H and O–H groups in total. The lowest BCUT2D eigenvalue weighted by Gasteiger charge is -2.18. The molecule has 1 saturated heterocycles. The van der Waals surface area contributed by atoms with Crippen LogP contribution in [0.25, 0.3) is 0 Å². The van der Waals surface area contributed by atoms with E-state index in [1.54, 1.807) is 12.1 Å². The third kappa shape index (κ3) is 4.66. The number of benzene rings is 2. The molecule has 0 aromatic heterocycles. The van der Waals surface area contributed by atoms with Gasteiger partial charge in [-0.3, -0.25) is 20.2 Å². The van der Waals surface area contributed by atoms with E-state index in [-0.39, 0.29) is 16.4 Å². The second-order valence-corrected chi connectivity index (χ2v) is 7.85. The van der Waals surface area contributed by atoms with Crippen molar-refractivity contribution in [3.63, 3.8) is 0 Å². The van der Waals surface area contributed by atoms with Crippen LogP contribution in [0, 0.1) is 17.0 Å². The summed E-state index contributed by atoms with van der Waals surface area (Å²) in [5.74, 6) is -0.497. The Morgan fingerprint density at radius 2 is 1.93 bits per heavy atom. The van der Waals surface area contributed by atoms with Crippen molar-refractivity contribution in [1.29, 1.82) is 0 Å². The van der Waals surface area contributed by atoms with Crippen LogP contribution < -0.4 is 15.5 Å². The number of thiocarbonyl (C=S) groups is 1. The molecule has 0 spiro atoms. The van der Waals surface area contributed by atoms with Crippen molar-refractivity contribution in [1.82, 2.24) is 5.32 Å². The molecule has 0 aliphatic carbocycles. The summed E-state index contributed by atoms with van der Waals surface area (Å²) < 4.78 is 0.941. The van der Waals surface area contributed by atoms with E-state index in [0.717, 1.165) is 41.7 Å². The van der Waals surface area contributed by atoms with Gasteiger partial charge in [0.25, 0.3) is 11.6 Å². The molecule has 1 aliphatic heterocycles. The van der Waals surface area contributed by atoms with E-state index in [1.165, 1.54) is 6.07 Å². The van der Waals surface area contributed by atoms with Crippen molar-refractivity contribution in [3.8, 4) is 0 Å². The van der Waals surface area contributed by atoms with Gasteiger partial charge in [-0.25, -0.2) is 0 Å². The van der Waals surface area contributed by atoms with Gasteiger partial charge in [-0.2, -0.15) is 0 Å². The highest BCUT2D eigenvalue weighted by atomic mass is 79.9. The third-order valence-corrected chi connectivity index (χ3v) is 5.24. The smallest absolute Gasteiger partial charge is 0.293 e. The minimum atomic E-state index is -0.497. The average molecular weight is 463 g/mol. The third-order valence-electron chi connectivity index (χ3n) is 4.54. The minimum Gasteiger partial charge on any atom is -0.366 e. The number of nitrogens with zero attached hydrogens (tertiary/aromatic N) is 2. The van der Waals surface area contributed by atoms with Crippen molar-refractivity contribution in [3.05, 3.63) is 62.1 Å². The highest BCUT2D eigenvalue weighted by Gasteiger charge is 2.24. The van der Waals surface area contributed by atoms with Crippen molar-refractivity contribution in [2.24, 2.45) is 0 Å². The van der Waals surface area contributed by atoms with Crippen LogP contribution in [0.3, 0.4) is 0 Å². The van der Waals surface area contributed by atoms with Crippen LogP contribution in [-0.2, 0) is 0 Å². The number of amides is 1. The number of rotatable bonds is 4. The lowest BCUT2D eigenvalue weighted by Crippen LogP contribution is -2.34. The Bertz CT molecular complexity index is 945. The number of carbonyl (C=O) groups excluding carboxylic acids is 1. The standard InChI is InChI=1S/C19H19BrN4O3S/c1-12-10-14(20)5-6-15(12)21-19(28)22-18(25)13-4-7-16(17(11-13)24(26)27)23-8-2-3-9-23/h4-7,10-11H,2-3,8-9H2,1H3,(H2,21,22,25,28). The molecule has 1 aliphatic rings. The van der Waals surface area contributed by atoms with Gasteiger partial charge < -0.3 is 10.2 Å². The van der Waals surface area contributed by atoms with E-state index in [0.29, 0.717) is 5.69 Å². The first kappa shape index (κ1) is 20.2. The molecule has 2 aromatic rings. The number of hydrogen-bond acceptors (Lipinski definition) is 5. The Morgan fingerprint density at radius 1 is 1.21 bits per heavy atom. The molecular weight excluding hydrogens is 444 g/mol. The van der Waals surface area contributed by atoms with Crippen molar-refractivity contribution < 1.29 is 9.72 Å². The molecule has 1 heterocycles. The highest BCUT2D eigenvalue weighted by Crippen LogP contribution is 2.31. The maximum absolute atomic E-state index is 12.5. The fourth-order valence-electron chi connectivity index (χ4n) is 3.13. The summed E-state index contributed by atoms with van der Waals surface area (Å²) in [6, 6.07) is 10.1. The number of aryl methyl sites for hydroxylation is 1. The van der Waals surface area contributed by atoms with Gasteiger partial charge in [0.15, 0.2) is 5.11 Å². The van der Waals surface area contributed by atoms with E-state index in [1.807, 2.05) is 30.0 Å². The van der Waals surface area contributed by atoms with Gasteiger partial charge in [0.1, 0.15) is 5.69 Å². The molecule has 0 bridgehead atoms. The lowest BCUT2D eigenvalue weighted by molar-refractivity contribution is -0.384. The average Bonchev–Trinajstić information content (AvgIpc) is 3.18. The maximum atomic E-state index is 12.5. The zero-order valence-electron chi connectivity index (χ0n) is 15.2. The summed E-state index contributed by atoms with van der Waals surface area (Å²) in [7, 11) is 0. The Morgan fingerprint density at radius 3 is 2.57 bits per heavy atom. The van der Waals surface area contributed by atoms with Gasteiger partial charge in [-0.05, 0) is 67.9 Å². The Balaban J connectivity index is 1.73. The Labute approximate surface area is 176 Å². The minimum absolute atomic E-state index is 0.0721. The zero-order valence-corrected chi connectivity index (χ0v) is 17.6. The first-order chi connectivity index (χ1) is 13.3. The van der Waals surface area contributed by atoms with E-state index in [9.17, 15) is 14.9 Å². The van der Waals surface area contributed by atoms with E-state index < -0.39 is 10.8 Å². The summed E-state index contributed by atoms with van der Waals surface area (Å²) in [6.45, 7) is 3.48. The van der Waals surface area contributed by atoms with Crippen molar-refractivity contribution in [2.75, 3.05) is 23.3 Å². The molecule has 3 rings (SSSR count). The quantitative estimate of drug-likeness (QED) is 0.397. The van der Waals surface area contributed by atoms with E-state index in [4.69, 9.17) is 12.2 Å². The predicted molar refractivity (Wildman–Crippen MR) is 117 cm³/mol.